The van der Waals surface area contributed by atoms with Crippen molar-refractivity contribution in [2.75, 3.05) is 0 Å². The Labute approximate surface area is 169 Å². The van der Waals surface area contributed by atoms with Gasteiger partial charge in [0.25, 0.3) is 0 Å². The molecule has 2 aromatic rings. The van der Waals surface area contributed by atoms with E-state index >= 15 is 0 Å². The molecule has 0 amide bonds. The number of benzene rings is 2. The zero-order valence-corrected chi connectivity index (χ0v) is 19.3. The second kappa shape index (κ2) is 6.70. The van der Waals surface area contributed by atoms with E-state index in [4.69, 9.17) is 0 Å². The Bertz CT molecular complexity index is 953. The van der Waals surface area contributed by atoms with E-state index in [-0.39, 0.29) is 24.8 Å². The van der Waals surface area contributed by atoms with Gasteiger partial charge in [0.2, 0.25) is 0 Å². The molecule has 2 aliphatic carbocycles. The van der Waals surface area contributed by atoms with Crippen LogP contribution in [0.15, 0.2) is 70.0 Å². The Morgan fingerprint density at radius 1 is 0.846 bits per heavy atom. The largest absolute Gasteiger partial charge is 1.00 e. The summed E-state index contributed by atoms with van der Waals surface area (Å²) < 4.78 is 7.29. The van der Waals surface area contributed by atoms with Gasteiger partial charge in [-0.2, -0.15) is 0 Å². The van der Waals surface area contributed by atoms with Gasteiger partial charge in [0, 0.05) is 0 Å². The van der Waals surface area contributed by atoms with Crippen LogP contribution in [0, 0.1) is 0 Å². The topological polar surface area (TPSA) is 0 Å². The molecule has 0 aromatic heterocycles. The Morgan fingerprint density at radius 2 is 1.38 bits per heavy atom. The number of rotatable bonds is 2. The van der Waals surface area contributed by atoms with Crippen molar-refractivity contribution in [2.24, 2.45) is 0 Å². The van der Waals surface area contributed by atoms with Gasteiger partial charge in [-0.1, -0.05) is 0 Å². The summed E-state index contributed by atoms with van der Waals surface area (Å²) in [7, 11) is 0. The molecule has 5 rings (SSSR count). The summed E-state index contributed by atoms with van der Waals surface area (Å²) in [5.41, 5.74) is 6.23. The summed E-state index contributed by atoms with van der Waals surface area (Å²) in [4.78, 5) is 0. The molecule has 1 heterocycles. The van der Waals surface area contributed by atoms with Gasteiger partial charge >= 0.3 is 146 Å². The van der Waals surface area contributed by atoms with E-state index in [0.717, 1.165) is 0 Å². The normalized spacial score (nSPS) is 18.1. The van der Waals surface area contributed by atoms with Crippen LogP contribution in [0.4, 0.5) is 0 Å². The summed E-state index contributed by atoms with van der Waals surface area (Å²) in [6.45, 7) is 4.92. The maximum Gasteiger partial charge on any atom is -1.00 e. The first-order valence-corrected chi connectivity index (χ1v) is 16.5. The zero-order valence-electron chi connectivity index (χ0n) is 15.3. The standard InChI is InChI=1S/C13H9.C5H5.C3H6.C2H4.2ClH.Zr/c1-3-7-12-10(5-1)9-11-6-2-4-8-13(11)12;1-2-4-5-3-1;1-3-2;1-2;;;/h1-9H;1-3H,4H2;1-2H3;1-2H2;2*1H;/q;;;;;;+2/p-2. The molecule has 0 radical (unpaired) electrons. The minimum absolute atomic E-state index is 0. The molecule has 1 saturated heterocycles. The van der Waals surface area contributed by atoms with Gasteiger partial charge in [0.05, 0.1) is 0 Å². The van der Waals surface area contributed by atoms with Gasteiger partial charge in [-0.15, -0.1) is 0 Å². The Kier molecular flexibility index (Phi) is 5.15. The average molecular weight is 463 g/mol. The van der Waals surface area contributed by atoms with Crippen LogP contribution in [0.1, 0.15) is 35.0 Å². The minimum Gasteiger partial charge on any atom is -1.00 e. The fraction of sp³-hybridized carbons (Fsp3) is 0.261. The van der Waals surface area contributed by atoms with Crippen LogP contribution in [-0.4, -0.2) is 3.21 Å². The summed E-state index contributed by atoms with van der Waals surface area (Å²) in [6, 6.07) is 18.4. The van der Waals surface area contributed by atoms with Crippen molar-refractivity contribution < 1.29 is 43.1 Å². The fourth-order valence-corrected chi connectivity index (χ4v) is 29.7. The van der Waals surface area contributed by atoms with E-state index in [0.29, 0.717) is 3.63 Å². The zero-order chi connectivity index (χ0) is 16.4. The molecule has 0 unspecified atom stereocenters. The van der Waals surface area contributed by atoms with Crippen LogP contribution in [0.3, 0.4) is 0 Å². The van der Waals surface area contributed by atoms with Crippen molar-refractivity contribution in [1.29, 1.82) is 0 Å². The monoisotopic (exact) mass is 460 g/mol. The molecule has 0 spiro atoms. The van der Waals surface area contributed by atoms with Gasteiger partial charge in [-0.3, -0.25) is 0 Å². The van der Waals surface area contributed by atoms with E-state index in [2.05, 4.69) is 80.6 Å². The van der Waals surface area contributed by atoms with Crippen molar-refractivity contribution in [2.45, 2.75) is 32.2 Å². The molecule has 1 aliphatic heterocycles. The van der Waals surface area contributed by atoms with Crippen molar-refractivity contribution in [1.82, 2.24) is 0 Å². The molecular weight excluding hydrogens is 438 g/mol. The molecule has 3 heteroatoms. The molecule has 1 fully saturated rings. The fourth-order valence-electron chi connectivity index (χ4n) is 5.92. The van der Waals surface area contributed by atoms with Gasteiger partial charge in [-0.25, -0.2) is 0 Å². The first-order chi connectivity index (χ1) is 11.7. The van der Waals surface area contributed by atoms with Crippen LogP contribution in [0.2, 0.25) is 8.26 Å². The number of hydrogen-bond acceptors (Lipinski definition) is 0. The molecule has 0 nitrogen and oxygen atoms in total. The number of hydrogen-bond donors (Lipinski definition) is 0. The van der Waals surface area contributed by atoms with Gasteiger partial charge in [0.1, 0.15) is 0 Å². The summed E-state index contributed by atoms with van der Waals surface area (Å²) in [5, 5.41) is 0. The Morgan fingerprint density at radius 3 is 1.81 bits per heavy atom. The first-order valence-electron chi connectivity index (χ1n) is 9.19. The quantitative estimate of drug-likeness (QED) is 0.605. The van der Waals surface area contributed by atoms with Crippen molar-refractivity contribution in [3.8, 4) is 11.1 Å². The first kappa shape index (κ1) is 20.0. The van der Waals surface area contributed by atoms with E-state index in [1.807, 2.05) is 3.28 Å². The van der Waals surface area contributed by atoms with Gasteiger partial charge in [-0.05, 0) is 0 Å². The SMILES string of the molecule is C[C](C)=[Zr+2]1([C]2=CC=CC2)([CH]2c3ccccc3-c3ccccc32)[CH2][CH2]1.[Cl-].[Cl-]. The molecule has 134 valence electrons. The minimum atomic E-state index is -3.11. The maximum atomic E-state index is 2.49. The summed E-state index contributed by atoms with van der Waals surface area (Å²) >= 11 is -3.11. The molecule has 3 aliphatic rings. The molecular formula is C23H24Cl2Zr. The van der Waals surface area contributed by atoms with Crippen molar-refractivity contribution in [3.05, 3.63) is 81.2 Å². The van der Waals surface area contributed by atoms with Crippen molar-refractivity contribution >= 4 is 3.21 Å². The van der Waals surface area contributed by atoms with Crippen molar-refractivity contribution in [3.63, 3.8) is 0 Å². The number of halogens is 2. The van der Waals surface area contributed by atoms with E-state index in [1.54, 1.807) is 14.3 Å². The summed E-state index contributed by atoms with van der Waals surface area (Å²) in [5.74, 6) is 0. The molecule has 0 saturated carbocycles. The van der Waals surface area contributed by atoms with E-state index < -0.39 is 18.3 Å². The third-order valence-corrected chi connectivity index (χ3v) is 28.4. The molecule has 26 heavy (non-hydrogen) atoms. The second-order valence-corrected chi connectivity index (χ2v) is 24.9. The third kappa shape index (κ3) is 2.27. The predicted molar refractivity (Wildman–Crippen MR) is 102 cm³/mol. The number of allylic oxidation sites excluding steroid dienone is 4. The molecule has 0 atom stereocenters. The van der Waals surface area contributed by atoms with Crippen LogP contribution >= 0.6 is 0 Å². The van der Waals surface area contributed by atoms with E-state index in [1.165, 1.54) is 25.8 Å². The smallest absolute Gasteiger partial charge is 1.00 e. The van der Waals surface area contributed by atoms with Crippen LogP contribution in [0.5, 0.6) is 0 Å². The summed E-state index contributed by atoms with van der Waals surface area (Å²) in [6.07, 6.45) is 8.39. The molecule has 2 aromatic carbocycles. The molecule has 0 bridgehead atoms. The van der Waals surface area contributed by atoms with E-state index in [9.17, 15) is 0 Å². The Balaban J connectivity index is 0.000000980. The second-order valence-electron chi connectivity index (χ2n) is 8.21. The van der Waals surface area contributed by atoms with Gasteiger partial charge in [0.15, 0.2) is 0 Å². The van der Waals surface area contributed by atoms with Crippen LogP contribution in [0.25, 0.3) is 11.1 Å². The Hall–Kier alpha value is -0.747. The van der Waals surface area contributed by atoms with Crippen LogP contribution < -0.4 is 24.8 Å². The van der Waals surface area contributed by atoms with Crippen LogP contribution in [-0.2, 0) is 18.3 Å². The third-order valence-electron chi connectivity index (χ3n) is 7.39. The molecule has 0 N–H and O–H groups in total. The maximum absolute atomic E-state index is 3.11. The predicted octanol–water partition coefficient (Wildman–Crippen LogP) is 0.360. The average Bonchev–Trinajstić information content (AvgIpc) is 3.02. The van der Waals surface area contributed by atoms with Gasteiger partial charge < -0.3 is 24.8 Å². The number of fused-ring (bicyclic) bond motifs is 3.